The molecule has 21 heavy (non-hydrogen) atoms. The van der Waals surface area contributed by atoms with Crippen molar-refractivity contribution in [1.29, 1.82) is 0 Å². The van der Waals surface area contributed by atoms with Gasteiger partial charge in [0.2, 0.25) is 0 Å². The van der Waals surface area contributed by atoms with Crippen molar-refractivity contribution in [2.24, 2.45) is 0 Å². The molecule has 0 aliphatic rings. The van der Waals surface area contributed by atoms with E-state index >= 15 is 0 Å². The van der Waals surface area contributed by atoms with Crippen LogP contribution in [0.1, 0.15) is 0 Å². The largest absolute Gasteiger partial charge is 0.326 e. The molecule has 1 aromatic carbocycles. The summed E-state index contributed by atoms with van der Waals surface area (Å²) >= 11 is 8.30. The van der Waals surface area contributed by atoms with Crippen LogP contribution < -0.4 is 10.3 Å². The molecular weight excluding hydrogens is 394 g/mol. The molecule has 2 aromatic rings. The molecule has 0 atom stereocenters. The maximum Gasteiger partial charge on any atom is 0.266 e. The van der Waals surface area contributed by atoms with Gasteiger partial charge in [-0.3, -0.25) is 9.52 Å². The summed E-state index contributed by atoms with van der Waals surface area (Å²) in [5.41, 5.74) is -1.24. The van der Waals surface area contributed by atoms with Crippen LogP contribution in [0.5, 0.6) is 0 Å². The van der Waals surface area contributed by atoms with Crippen LogP contribution >= 0.6 is 27.5 Å². The van der Waals surface area contributed by atoms with Gasteiger partial charge in [-0.1, -0.05) is 11.6 Å². The lowest BCUT2D eigenvalue weighted by Gasteiger charge is -2.09. The van der Waals surface area contributed by atoms with Crippen molar-refractivity contribution in [3.05, 3.63) is 55.9 Å². The molecule has 0 radical (unpaired) electrons. The van der Waals surface area contributed by atoms with Gasteiger partial charge in [-0.15, -0.1) is 0 Å². The van der Waals surface area contributed by atoms with Crippen LogP contribution in [0.2, 0.25) is 5.02 Å². The van der Waals surface area contributed by atoms with Crippen LogP contribution in [-0.4, -0.2) is 13.4 Å². The van der Waals surface area contributed by atoms with E-state index in [4.69, 9.17) is 11.6 Å². The summed E-state index contributed by atoms with van der Waals surface area (Å²) in [6.07, 6.45) is 0.893. The molecule has 112 valence electrons. The van der Waals surface area contributed by atoms with Crippen LogP contribution in [0.15, 0.2) is 38.6 Å². The number of benzene rings is 1. The van der Waals surface area contributed by atoms with Crippen LogP contribution in [0.3, 0.4) is 0 Å². The molecule has 2 N–H and O–H groups in total. The molecular formula is C11H6BrClF2N2O3S. The molecule has 2 rings (SSSR count). The summed E-state index contributed by atoms with van der Waals surface area (Å²) in [4.78, 5) is 12.8. The number of anilines is 1. The first kappa shape index (κ1) is 15.9. The molecule has 0 fully saturated rings. The minimum Gasteiger partial charge on any atom is -0.326 e. The van der Waals surface area contributed by atoms with E-state index in [-0.39, 0.29) is 9.50 Å². The predicted molar refractivity (Wildman–Crippen MR) is 76.9 cm³/mol. The number of H-pyrrole nitrogens is 1. The maximum absolute atomic E-state index is 13.6. The number of rotatable bonds is 3. The van der Waals surface area contributed by atoms with Crippen molar-refractivity contribution in [3.63, 3.8) is 0 Å². The second-order valence-electron chi connectivity index (χ2n) is 3.86. The highest BCUT2D eigenvalue weighted by Gasteiger charge is 2.19. The fraction of sp³-hybridized carbons (Fsp3) is 0. The van der Waals surface area contributed by atoms with Crippen molar-refractivity contribution < 1.29 is 17.2 Å². The average molecular weight is 400 g/mol. The van der Waals surface area contributed by atoms with E-state index in [1.165, 1.54) is 0 Å². The Morgan fingerprint density at radius 3 is 2.48 bits per heavy atom. The fourth-order valence-electron chi connectivity index (χ4n) is 1.40. The van der Waals surface area contributed by atoms with Gasteiger partial charge in [-0.2, -0.15) is 0 Å². The predicted octanol–water partition coefficient (Wildman–Crippen LogP) is 2.87. The molecule has 0 bridgehead atoms. The Morgan fingerprint density at radius 2 is 1.86 bits per heavy atom. The zero-order chi connectivity index (χ0) is 15.8. The highest BCUT2D eigenvalue weighted by atomic mass is 79.9. The first-order valence-electron chi connectivity index (χ1n) is 5.26. The minimum atomic E-state index is -4.23. The standard InChI is InChI=1S/C11H6BrClF2N2O3S/c12-6-2-9(15)10(3-8(6)14)17-21(19,20)5-1-7(13)11(18)16-4-5/h1-4,17H,(H,16,18). The van der Waals surface area contributed by atoms with Crippen LogP contribution in [0, 0.1) is 11.6 Å². The van der Waals surface area contributed by atoms with Crippen LogP contribution in [0.25, 0.3) is 0 Å². The SMILES string of the molecule is O=c1[nH]cc(S(=O)(=O)Nc2cc(F)c(Br)cc2F)cc1Cl. The lowest BCUT2D eigenvalue weighted by molar-refractivity contribution is 0.591. The van der Waals surface area contributed by atoms with Gasteiger partial charge in [0.05, 0.1) is 10.2 Å². The smallest absolute Gasteiger partial charge is 0.266 e. The lowest BCUT2D eigenvalue weighted by Crippen LogP contribution is -2.17. The quantitative estimate of drug-likeness (QED) is 0.779. The van der Waals surface area contributed by atoms with Crippen molar-refractivity contribution in [1.82, 2.24) is 4.98 Å². The Kier molecular flexibility index (Phi) is 4.35. The van der Waals surface area contributed by atoms with Gasteiger partial charge >= 0.3 is 0 Å². The van der Waals surface area contributed by atoms with E-state index < -0.39 is 37.8 Å². The summed E-state index contributed by atoms with van der Waals surface area (Å²) in [7, 11) is -4.23. The maximum atomic E-state index is 13.6. The molecule has 5 nitrogen and oxygen atoms in total. The normalized spacial score (nSPS) is 11.4. The molecule has 10 heteroatoms. The summed E-state index contributed by atoms with van der Waals surface area (Å²) < 4.78 is 52.7. The van der Waals surface area contributed by atoms with Gasteiger partial charge in [0.25, 0.3) is 15.6 Å². The Hall–Kier alpha value is -1.45. The summed E-state index contributed by atoms with van der Waals surface area (Å²) in [5.74, 6) is -1.81. The zero-order valence-electron chi connectivity index (χ0n) is 9.95. The molecule has 1 aromatic heterocycles. The second-order valence-corrected chi connectivity index (χ2v) is 6.81. The Balaban J connectivity index is 2.44. The third-order valence-electron chi connectivity index (χ3n) is 2.40. The molecule has 0 saturated carbocycles. The van der Waals surface area contributed by atoms with Gasteiger partial charge in [0.1, 0.15) is 21.6 Å². The van der Waals surface area contributed by atoms with E-state index in [0.29, 0.717) is 6.07 Å². The number of sulfonamides is 1. The molecule has 0 aliphatic heterocycles. The highest BCUT2D eigenvalue weighted by Crippen LogP contribution is 2.25. The number of hydrogen-bond donors (Lipinski definition) is 2. The summed E-state index contributed by atoms with van der Waals surface area (Å²) in [6, 6.07) is 2.37. The van der Waals surface area contributed by atoms with Gasteiger partial charge < -0.3 is 4.98 Å². The van der Waals surface area contributed by atoms with Crippen molar-refractivity contribution in [2.45, 2.75) is 4.90 Å². The van der Waals surface area contributed by atoms with E-state index in [0.717, 1.165) is 18.3 Å². The summed E-state index contributed by atoms with van der Waals surface area (Å²) in [5, 5.41) is -0.347. The highest BCUT2D eigenvalue weighted by molar-refractivity contribution is 9.10. The van der Waals surface area contributed by atoms with Crippen LogP contribution in [-0.2, 0) is 10.0 Å². The Bertz CT molecular complexity index is 870. The number of pyridine rings is 1. The number of aromatic nitrogens is 1. The van der Waals surface area contributed by atoms with Crippen LogP contribution in [0.4, 0.5) is 14.5 Å². The molecule has 1 heterocycles. The van der Waals surface area contributed by atoms with Gasteiger partial charge in [0.15, 0.2) is 0 Å². The Morgan fingerprint density at radius 1 is 1.19 bits per heavy atom. The number of aromatic amines is 1. The average Bonchev–Trinajstić information content (AvgIpc) is 2.39. The van der Waals surface area contributed by atoms with Gasteiger partial charge in [-0.05, 0) is 28.1 Å². The first-order chi connectivity index (χ1) is 9.70. The third-order valence-corrected chi connectivity index (χ3v) is 4.63. The second kappa shape index (κ2) is 5.74. The fourth-order valence-corrected chi connectivity index (χ4v) is 3.00. The number of hydrogen-bond acceptors (Lipinski definition) is 3. The number of halogens is 4. The van der Waals surface area contributed by atoms with E-state index in [9.17, 15) is 22.0 Å². The van der Waals surface area contributed by atoms with Crippen molar-refractivity contribution in [3.8, 4) is 0 Å². The Labute approximate surface area is 131 Å². The molecule has 0 spiro atoms. The molecule has 0 aliphatic carbocycles. The molecule has 0 amide bonds. The van der Waals surface area contributed by atoms with E-state index in [1.807, 2.05) is 4.72 Å². The summed E-state index contributed by atoms with van der Waals surface area (Å²) in [6.45, 7) is 0. The third kappa shape index (κ3) is 3.42. The minimum absolute atomic E-state index is 0.143. The van der Waals surface area contributed by atoms with Gasteiger partial charge in [0, 0.05) is 12.3 Å². The molecule has 0 saturated heterocycles. The number of nitrogens with one attached hydrogen (secondary N) is 2. The lowest BCUT2D eigenvalue weighted by atomic mass is 10.3. The first-order valence-corrected chi connectivity index (χ1v) is 7.92. The molecule has 0 unspecified atom stereocenters. The zero-order valence-corrected chi connectivity index (χ0v) is 13.1. The van der Waals surface area contributed by atoms with E-state index in [2.05, 4.69) is 20.9 Å². The van der Waals surface area contributed by atoms with E-state index in [1.54, 1.807) is 0 Å². The monoisotopic (exact) mass is 398 g/mol. The topological polar surface area (TPSA) is 79.0 Å². The van der Waals surface area contributed by atoms with Crippen molar-refractivity contribution in [2.75, 3.05) is 4.72 Å². The van der Waals surface area contributed by atoms with Gasteiger partial charge in [-0.25, -0.2) is 17.2 Å². The van der Waals surface area contributed by atoms with Crippen molar-refractivity contribution >= 4 is 43.2 Å².